The standard InChI is InChI=1S/C16H22N2O3S/c1-4-12-18(13-5-2)16(19)11-8-14-6-9-15(10-7-14)22(20,21)17-3/h4-7,9-10,17H,1-2,8,11-13H2,3H3. The first-order valence-corrected chi connectivity index (χ1v) is 8.45. The van der Waals surface area contributed by atoms with Crippen molar-refractivity contribution < 1.29 is 13.2 Å². The van der Waals surface area contributed by atoms with Gasteiger partial charge in [-0.05, 0) is 31.2 Å². The summed E-state index contributed by atoms with van der Waals surface area (Å²) in [5, 5.41) is 0. The van der Waals surface area contributed by atoms with Crippen molar-refractivity contribution in [3.05, 3.63) is 55.1 Å². The van der Waals surface area contributed by atoms with E-state index in [0.717, 1.165) is 5.56 Å². The summed E-state index contributed by atoms with van der Waals surface area (Å²) in [4.78, 5) is 14.0. The Labute approximate surface area is 132 Å². The van der Waals surface area contributed by atoms with Crippen molar-refractivity contribution >= 4 is 15.9 Å². The van der Waals surface area contributed by atoms with E-state index in [1.807, 2.05) is 0 Å². The average Bonchev–Trinajstić information content (AvgIpc) is 2.52. The van der Waals surface area contributed by atoms with Gasteiger partial charge in [0.1, 0.15) is 0 Å². The molecule has 1 amide bonds. The van der Waals surface area contributed by atoms with Crippen molar-refractivity contribution in [1.82, 2.24) is 9.62 Å². The monoisotopic (exact) mass is 322 g/mol. The molecule has 0 aliphatic rings. The minimum Gasteiger partial charge on any atom is -0.335 e. The molecule has 6 heteroatoms. The number of amides is 1. The van der Waals surface area contributed by atoms with Crippen LogP contribution in [0.15, 0.2) is 54.5 Å². The van der Waals surface area contributed by atoms with Crippen LogP contribution in [0.4, 0.5) is 0 Å². The average molecular weight is 322 g/mol. The number of nitrogens with zero attached hydrogens (tertiary/aromatic N) is 1. The van der Waals surface area contributed by atoms with Crippen molar-refractivity contribution in [2.24, 2.45) is 0 Å². The first-order valence-electron chi connectivity index (χ1n) is 6.96. The van der Waals surface area contributed by atoms with Crippen molar-refractivity contribution in [3.8, 4) is 0 Å². The Hall–Kier alpha value is -1.92. The summed E-state index contributed by atoms with van der Waals surface area (Å²) in [5.41, 5.74) is 0.917. The van der Waals surface area contributed by atoms with Crippen molar-refractivity contribution in [3.63, 3.8) is 0 Å². The third kappa shape index (κ3) is 5.13. The first kappa shape index (κ1) is 18.1. The molecule has 0 saturated carbocycles. The molecule has 0 fully saturated rings. The second kappa shape index (κ2) is 8.51. The molecule has 0 saturated heterocycles. The normalized spacial score (nSPS) is 11.0. The summed E-state index contributed by atoms with van der Waals surface area (Å²) < 4.78 is 25.5. The fraction of sp³-hybridized carbons (Fsp3) is 0.312. The van der Waals surface area contributed by atoms with Crippen LogP contribution in [-0.4, -0.2) is 39.4 Å². The Bertz CT molecular complexity index is 611. The van der Waals surface area contributed by atoms with Gasteiger partial charge in [0.25, 0.3) is 0 Å². The van der Waals surface area contributed by atoms with Gasteiger partial charge in [-0.25, -0.2) is 13.1 Å². The number of benzene rings is 1. The smallest absolute Gasteiger partial charge is 0.240 e. The summed E-state index contributed by atoms with van der Waals surface area (Å²) >= 11 is 0. The zero-order valence-electron chi connectivity index (χ0n) is 12.8. The van der Waals surface area contributed by atoms with E-state index < -0.39 is 10.0 Å². The van der Waals surface area contributed by atoms with E-state index in [2.05, 4.69) is 17.9 Å². The van der Waals surface area contributed by atoms with Crippen LogP contribution in [0.2, 0.25) is 0 Å². The number of nitrogens with one attached hydrogen (secondary N) is 1. The minimum atomic E-state index is -3.42. The van der Waals surface area contributed by atoms with E-state index in [-0.39, 0.29) is 10.8 Å². The van der Waals surface area contributed by atoms with Crippen LogP contribution >= 0.6 is 0 Å². The van der Waals surface area contributed by atoms with Gasteiger partial charge in [-0.15, -0.1) is 13.2 Å². The second-order valence-electron chi connectivity index (χ2n) is 4.73. The Kier molecular flexibility index (Phi) is 7.01. The summed E-state index contributed by atoms with van der Waals surface area (Å²) in [6.07, 6.45) is 4.28. The molecule has 1 rings (SSSR count). The quantitative estimate of drug-likeness (QED) is 0.704. The van der Waals surface area contributed by atoms with Crippen LogP contribution in [0.1, 0.15) is 12.0 Å². The first-order chi connectivity index (χ1) is 10.4. The lowest BCUT2D eigenvalue weighted by molar-refractivity contribution is -0.130. The van der Waals surface area contributed by atoms with Gasteiger partial charge in [-0.2, -0.15) is 0 Å². The molecule has 0 unspecified atom stereocenters. The van der Waals surface area contributed by atoms with Gasteiger partial charge in [-0.1, -0.05) is 24.3 Å². The lowest BCUT2D eigenvalue weighted by Gasteiger charge is -2.19. The van der Waals surface area contributed by atoms with E-state index in [1.165, 1.54) is 19.2 Å². The maximum atomic E-state index is 12.1. The molecule has 22 heavy (non-hydrogen) atoms. The van der Waals surface area contributed by atoms with Crippen LogP contribution in [0.25, 0.3) is 0 Å². The Morgan fingerprint density at radius 3 is 2.18 bits per heavy atom. The highest BCUT2D eigenvalue weighted by Crippen LogP contribution is 2.12. The molecule has 1 aromatic rings. The lowest BCUT2D eigenvalue weighted by Crippen LogP contribution is -2.31. The van der Waals surface area contributed by atoms with Gasteiger partial charge >= 0.3 is 0 Å². The van der Waals surface area contributed by atoms with Crippen molar-refractivity contribution in [2.75, 3.05) is 20.1 Å². The molecule has 1 aromatic carbocycles. The van der Waals surface area contributed by atoms with Crippen LogP contribution in [0, 0.1) is 0 Å². The number of sulfonamides is 1. The van der Waals surface area contributed by atoms with E-state index in [0.29, 0.717) is 25.9 Å². The third-order valence-corrected chi connectivity index (χ3v) is 4.61. The third-order valence-electron chi connectivity index (χ3n) is 3.18. The minimum absolute atomic E-state index is 0.0201. The molecular formula is C16H22N2O3S. The highest BCUT2D eigenvalue weighted by Gasteiger charge is 2.12. The molecule has 120 valence electrons. The Balaban J connectivity index is 2.66. The molecule has 0 heterocycles. The molecule has 0 aromatic heterocycles. The number of rotatable bonds is 9. The van der Waals surface area contributed by atoms with Gasteiger partial charge in [0.05, 0.1) is 4.90 Å². The predicted octanol–water partition coefficient (Wildman–Crippen LogP) is 1.73. The summed E-state index contributed by atoms with van der Waals surface area (Å²) in [6, 6.07) is 6.53. The highest BCUT2D eigenvalue weighted by molar-refractivity contribution is 7.89. The largest absolute Gasteiger partial charge is 0.335 e. The topological polar surface area (TPSA) is 66.5 Å². The van der Waals surface area contributed by atoms with Crippen molar-refractivity contribution in [2.45, 2.75) is 17.7 Å². The predicted molar refractivity (Wildman–Crippen MR) is 88.0 cm³/mol. The highest BCUT2D eigenvalue weighted by atomic mass is 32.2. The summed E-state index contributed by atoms with van der Waals surface area (Å²) in [6.45, 7) is 8.25. The zero-order chi connectivity index (χ0) is 16.6. The van der Waals surface area contributed by atoms with Gasteiger partial charge in [0.15, 0.2) is 0 Å². The Morgan fingerprint density at radius 1 is 1.18 bits per heavy atom. The van der Waals surface area contributed by atoms with E-state index in [1.54, 1.807) is 29.2 Å². The van der Waals surface area contributed by atoms with E-state index >= 15 is 0 Å². The molecule has 5 nitrogen and oxygen atoms in total. The number of carbonyl (C=O) groups excluding carboxylic acids is 1. The molecule has 0 aliphatic heterocycles. The van der Waals surface area contributed by atoms with Gasteiger partial charge in [0, 0.05) is 19.5 Å². The maximum Gasteiger partial charge on any atom is 0.240 e. The fourth-order valence-electron chi connectivity index (χ4n) is 1.95. The lowest BCUT2D eigenvalue weighted by atomic mass is 10.1. The van der Waals surface area contributed by atoms with E-state index in [4.69, 9.17) is 0 Å². The van der Waals surface area contributed by atoms with Crippen LogP contribution in [-0.2, 0) is 21.2 Å². The van der Waals surface area contributed by atoms with E-state index in [9.17, 15) is 13.2 Å². The van der Waals surface area contributed by atoms with Crippen LogP contribution < -0.4 is 4.72 Å². The molecule has 0 atom stereocenters. The number of aryl methyl sites for hydroxylation is 1. The summed E-state index contributed by atoms with van der Waals surface area (Å²) in [5.74, 6) is 0.0201. The number of carbonyl (C=O) groups is 1. The summed E-state index contributed by atoms with van der Waals surface area (Å²) in [7, 11) is -2.05. The molecule has 1 N–H and O–H groups in total. The molecule has 0 bridgehead atoms. The SMILES string of the molecule is C=CCN(CC=C)C(=O)CCc1ccc(S(=O)(=O)NC)cc1. The number of hydrogen-bond acceptors (Lipinski definition) is 3. The maximum absolute atomic E-state index is 12.1. The molecular weight excluding hydrogens is 300 g/mol. The van der Waals surface area contributed by atoms with Gasteiger partial charge in [0.2, 0.25) is 15.9 Å². The fourth-order valence-corrected chi connectivity index (χ4v) is 2.68. The van der Waals surface area contributed by atoms with Crippen molar-refractivity contribution in [1.29, 1.82) is 0 Å². The Morgan fingerprint density at radius 2 is 1.73 bits per heavy atom. The van der Waals surface area contributed by atoms with Gasteiger partial charge < -0.3 is 4.90 Å². The molecule has 0 spiro atoms. The van der Waals surface area contributed by atoms with Gasteiger partial charge in [-0.3, -0.25) is 4.79 Å². The van der Waals surface area contributed by atoms with Crippen LogP contribution in [0.3, 0.4) is 0 Å². The molecule has 0 aliphatic carbocycles. The second-order valence-corrected chi connectivity index (χ2v) is 6.61. The molecule has 0 radical (unpaired) electrons. The number of hydrogen-bond donors (Lipinski definition) is 1. The van der Waals surface area contributed by atoms with Crippen LogP contribution in [0.5, 0.6) is 0 Å². The zero-order valence-corrected chi connectivity index (χ0v) is 13.6.